The second-order valence-electron chi connectivity index (χ2n) is 6.58. The summed E-state index contributed by atoms with van der Waals surface area (Å²) in [5, 5.41) is 7.57. The molecule has 138 valence electrons. The molecule has 0 bridgehead atoms. The molecule has 1 saturated heterocycles. The first-order chi connectivity index (χ1) is 13.2. The fraction of sp³-hybridized carbons (Fsp3) is 0.300. The number of nitrogens with zero attached hydrogens (tertiary/aromatic N) is 5. The Morgan fingerprint density at radius 3 is 2.26 bits per heavy atom. The number of rotatable bonds is 4. The molecule has 3 aromatic rings. The average molecular weight is 363 g/mol. The molecule has 2 aromatic heterocycles. The molecule has 1 amide bonds. The van der Waals surface area contributed by atoms with Gasteiger partial charge in [-0.1, -0.05) is 12.1 Å². The predicted molar refractivity (Wildman–Crippen MR) is 101 cm³/mol. The van der Waals surface area contributed by atoms with Crippen LogP contribution in [0.1, 0.15) is 23.2 Å². The molecule has 0 radical (unpaired) electrons. The summed E-state index contributed by atoms with van der Waals surface area (Å²) in [6, 6.07) is 11.6. The maximum atomic E-state index is 12.7. The van der Waals surface area contributed by atoms with Crippen LogP contribution in [-0.4, -0.2) is 56.9 Å². The van der Waals surface area contributed by atoms with Gasteiger partial charge in [0.15, 0.2) is 0 Å². The third kappa shape index (κ3) is 3.73. The lowest BCUT2D eigenvalue weighted by Gasteiger charge is -2.31. The van der Waals surface area contributed by atoms with Crippen LogP contribution in [0.15, 0.2) is 55.2 Å². The van der Waals surface area contributed by atoms with Crippen molar-refractivity contribution in [1.29, 1.82) is 0 Å². The van der Waals surface area contributed by atoms with E-state index in [0.717, 1.165) is 42.9 Å². The molecule has 1 aliphatic heterocycles. The highest BCUT2D eigenvalue weighted by Gasteiger charge is 2.23. The number of amides is 1. The van der Waals surface area contributed by atoms with Crippen molar-refractivity contribution in [1.82, 2.24) is 24.6 Å². The largest absolute Gasteiger partial charge is 0.381 e. The van der Waals surface area contributed by atoms with Gasteiger partial charge in [-0.25, -0.2) is 4.98 Å². The Kier molecular flexibility index (Phi) is 4.93. The summed E-state index contributed by atoms with van der Waals surface area (Å²) in [7, 11) is 1.73. The first kappa shape index (κ1) is 17.4. The van der Waals surface area contributed by atoms with Gasteiger partial charge in [-0.3, -0.25) is 9.36 Å². The zero-order valence-electron chi connectivity index (χ0n) is 15.2. The van der Waals surface area contributed by atoms with Crippen LogP contribution in [0.25, 0.3) is 16.9 Å². The summed E-state index contributed by atoms with van der Waals surface area (Å²) in [5.74, 6) is 0.840. The van der Waals surface area contributed by atoms with E-state index in [1.165, 1.54) is 0 Å². The van der Waals surface area contributed by atoms with Crippen molar-refractivity contribution in [3.63, 3.8) is 0 Å². The summed E-state index contributed by atoms with van der Waals surface area (Å²) in [6.07, 6.45) is 7.08. The van der Waals surface area contributed by atoms with Crippen LogP contribution in [-0.2, 0) is 4.74 Å². The maximum absolute atomic E-state index is 12.7. The van der Waals surface area contributed by atoms with E-state index in [0.29, 0.717) is 5.56 Å². The van der Waals surface area contributed by atoms with Crippen molar-refractivity contribution in [3.05, 3.63) is 60.8 Å². The van der Waals surface area contributed by atoms with Crippen molar-refractivity contribution in [2.45, 2.75) is 18.9 Å². The third-order valence-electron chi connectivity index (χ3n) is 4.96. The van der Waals surface area contributed by atoms with Crippen molar-refractivity contribution in [2.24, 2.45) is 0 Å². The standard InChI is InChI=1S/C20H21N5O2/c1-27-18-8-10-24(11-9-18)20(26)16-4-2-15(3-5-16)17-6-7-19(21-12-17)25-13-22-23-14-25/h2-7,12-14,18H,8-11H2,1H3. The van der Waals surface area contributed by atoms with Gasteiger partial charge in [0, 0.05) is 37.5 Å². The smallest absolute Gasteiger partial charge is 0.253 e. The minimum absolute atomic E-state index is 0.0807. The van der Waals surface area contributed by atoms with Gasteiger partial charge in [-0.05, 0) is 42.7 Å². The maximum Gasteiger partial charge on any atom is 0.253 e. The van der Waals surface area contributed by atoms with Crippen LogP contribution >= 0.6 is 0 Å². The predicted octanol–water partition coefficient (Wildman–Crippen LogP) is 2.58. The third-order valence-corrected chi connectivity index (χ3v) is 4.96. The van der Waals surface area contributed by atoms with E-state index in [-0.39, 0.29) is 12.0 Å². The number of methoxy groups -OCH3 is 1. The lowest BCUT2D eigenvalue weighted by atomic mass is 10.0. The minimum Gasteiger partial charge on any atom is -0.381 e. The molecule has 0 spiro atoms. The second-order valence-corrected chi connectivity index (χ2v) is 6.58. The quantitative estimate of drug-likeness (QED) is 0.712. The number of carbonyl (C=O) groups is 1. The first-order valence-electron chi connectivity index (χ1n) is 8.98. The van der Waals surface area contributed by atoms with Crippen molar-refractivity contribution < 1.29 is 9.53 Å². The molecule has 1 fully saturated rings. The highest BCUT2D eigenvalue weighted by atomic mass is 16.5. The molecule has 7 heteroatoms. The molecule has 0 saturated carbocycles. The zero-order chi connectivity index (χ0) is 18.6. The number of ether oxygens (including phenoxy) is 1. The first-order valence-corrected chi connectivity index (χ1v) is 8.98. The van der Waals surface area contributed by atoms with Gasteiger partial charge in [0.05, 0.1) is 6.10 Å². The number of likely N-dealkylation sites (tertiary alicyclic amines) is 1. The summed E-state index contributed by atoms with van der Waals surface area (Å²) < 4.78 is 7.12. The molecule has 3 heterocycles. The fourth-order valence-corrected chi connectivity index (χ4v) is 3.31. The highest BCUT2D eigenvalue weighted by Crippen LogP contribution is 2.21. The number of benzene rings is 1. The van der Waals surface area contributed by atoms with Crippen LogP contribution in [0.2, 0.25) is 0 Å². The minimum atomic E-state index is 0.0807. The van der Waals surface area contributed by atoms with E-state index in [9.17, 15) is 4.79 Å². The van der Waals surface area contributed by atoms with E-state index < -0.39 is 0 Å². The van der Waals surface area contributed by atoms with E-state index >= 15 is 0 Å². The van der Waals surface area contributed by atoms with Crippen LogP contribution in [0.4, 0.5) is 0 Å². The van der Waals surface area contributed by atoms with Gasteiger partial charge in [-0.2, -0.15) is 0 Å². The summed E-state index contributed by atoms with van der Waals surface area (Å²) >= 11 is 0. The SMILES string of the molecule is COC1CCN(C(=O)c2ccc(-c3ccc(-n4cnnc4)nc3)cc2)CC1. The van der Waals surface area contributed by atoms with Gasteiger partial charge in [0.1, 0.15) is 18.5 Å². The molecule has 0 atom stereocenters. The molecule has 7 nitrogen and oxygen atoms in total. The van der Waals surface area contributed by atoms with Crippen LogP contribution in [0.5, 0.6) is 0 Å². The lowest BCUT2D eigenvalue weighted by Crippen LogP contribution is -2.40. The van der Waals surface area contributed by atoms with Crippen molar-refractivity contribution in [3.8, 4) is 16.9 Å². The van der Waals surface area contributed by atoms with E-state index in [4.69, 9.17) is 4.74 Å². The molecule has 1 aromatic carbocycles. The van der Waals surface area contributed by atoms with Crippen molar-refractivity contribution >= 4 is 5.91 Å². The molecular weight excluding hydrogens is 342 g/mol. The summed E-state index contributed by atoms with van der Waals surface area (Å²) in [5.41, 5.74) is 2.72. The Hall–Kier alpha value is -3.06. The van der Waals surface area contributed by atoms with Crippen molar-refractivity contribution in [2.75, 3.05) is 20.2 Å². The van der Waals surface area contributed by atoms with Crippen LogP contribution in [0.3, 0.4) is 0 Å². The summed E-state index contributed by atoms with van der Waals surface area (Å²) in [4.78, 5) is 19.0. The Morgan fingerprint density at radius 2 is 1.67 bits per heavy atom. The Morgan fingerprint density at radius 1 is 1.00 bits per heavy atom. The lowest BCUT2D eigenvalue weighted by molar-refractivity contribution is 0.0351. The number of piperidine rings is 1. The second kappa shape index (κ2) is 7.67. The van der Waals surface area contributed by atoms with Gasteiger partial charge >= 0.3 is 0 Å². The number of hydrogen-bond acceptors (Lipinski definition) is 5. The average Bonchev–Trinajstić information content (AvgIpc) is 3.28. The number of aromatic nitrogens is 4. The molecular formula is C20H21N5O2. The van der Waals surface area contributed by atoms with Gasteiger partial charge in [0.2, 0.25) is 0 Å². The molecule has 27 heavy (non-hydrogen) atoms. The molecule has 0 N–H and O–H groups in total. The van der Waals surface area contributed by atoms with E-state index in [1.54, 1.807) is 24.3 Å². The fourth-order valence-electron chi connectivity index (χ4n) is 3.31. The van der Waals surface area contributed by atoms with Gasteiger partial charge in [-0.15, -0.1) is 10.2 Å². The van der Waals surface area contributed by atoms with E-state index in [1.807, 2.05) is 47.5 Å². The topological polar surface area (TPSA) is 73.1 Å². The van der Waals surface area contributed by atoms with Gasteiger partial charge in [0.25, 0.3) is 5.91 Å². The summed E-state index contributed by atoms with van der Waals surface area (Å²) in [6.45, 7) is 1.49. The molecule has 0 unspecified atom stereocenters. The van der Waals surface area contributed by atoms with Crippen LogP contribution < -0.4 is 0 Å². The number of hydrogen-bond donors (Lipinski definition) is 0. The molecule has 1 aliphatic rings. The Bertz CT molecular complexity index is 883. The van der Waals surface area contributed by atoms with Gasteiger partial charge < -0.3 is 9.64 Å². The number of pyridine rings is 1. The Labute approximate surface area is 157 Å². The normalized spacial score (nSPS) is 15.1. The highest BCUT2D eigenvalue weighted by molar-refractivity contribution is 5.94. The number of carbonyl (C=O) groups excluding carboxylic acids is 1. The molecule has 0 aliphatic carbocycles. The van der Waals surface area contributed by atoms with E-state index in [2.05, 4.69) is 15.2 Å². The molecule has 4 rings (SSSR count). The monoisotopic (exact) mass is 363 g/mol. The zero-order valence-corrected chi connectivity index (χ0v) is 15.2. The Balaban J connectivity index is 1.45. The van der Waals surface area contributed by atoms with Crippen LogP contribution in [0, 0.1) is 0 Å².